The van der Waals surface area contributed by atoms with Crippen molar-refractivity contribution >= 4 is 0 Å². The minimum absolute atomic E-state index is 0.242. The number of alkyl halides is 3. The molecule has 1 heterocycles. The Balaban J connectivity index is 2.17. The van der Waals surface area contributed by atoms with Crippen LogP contribution >= 0.6 is 0 Å². The summed E-state index contributed by atoms with van der Waals surface area (Å²) in [6.45, 7) is 1.32. The standard InChI is InChI=1S/C8H12F3N3O2/c1-5-13-7(14-16-5)2-3-12-4-6(15)8(9,10)11/h6,12,15H,2-4H2,1H3. The van der Waals surface area contributed by atoms with Crippen molar-refractivity contribution in [3.8, 4) is 0 Å². The molecule has 1 aromatic rings. The summed E-state index contributed by atoms with van der Waals surface area (Å²) in [6, 6.07) is 0. The molecule has 0 aliphatic carbocycles. The van der Waals surface area contributed by atoms with Gasteiger partial charge in [-0.3, -0.25) is 0 Å². The maximum absolute atomic E-state index is 11.9. The number of aryl methyl sites for hydroxylation is 1. The molecule has 0 spiro atoms. The lowest BCUT2D eigenvalue weighted by molar-refractivity contribution is -0.201. The van der Waals surface area contributed by atoms with Gasteiger partial charge >= 0.3 is 6.18 Å². The predicted molar refractivity (Wildman–Crippen MR) is 47.7 cm³/mol. The van der Waals surface area contributed by atoms with E-state index in [4.69, 9.17) is 5.11 Å². The second kappa shape index (κ2) is 5.26. The maximum atomic E-state index is 11.9. The van der Waals surface area contributed by atoms with Gasteiger partial charge in [0.2, 0.25) is 5.89 Å². The van der Waals surface area contributed by atoms with Gasteiger partial charge in [-0.1, -0.05) is 5.16 Å². The molecule has 5 nitrogen and oxygen atoms in total. The molecule has 1 rings (SSSR count). The molecule has 0 amide bonds. The van der Waals surface area contributed by atoms with Crippen molar-refractivity contribution in [2.75, 3.05) is 13.1 Å². The highest BCUT2D eigenvalue weighted by molar-refractivity contribution is 4.84. The largest absolute Gasteiger partial charge is 0.415 e. The molecule has 0 aliphatic rings. The van der Waals surface area contributed by atoms with Crippen molar-refractivity contribution in [3.63, 3.8) is 0 Å². The van der Waals surface area contributed by atoms with Crippen LogP contribution in [-0.4, -0.2) is 40.6 Å². The number of rotatable bonds is 5. The molecule has 8 heteroatoms. The molecular formula is C8H12F3N3O2. The maximum Gasteiger partial charge on any atom is 0.415 e. The molecular weight excluding hydrogens is 227 g/mol. The van der Waals surface area contributed by atoms with E-state index >= 15 is 0 Å². The van der Waals surface area contributed by atoms with Crippen LogP contribution in [0.5, 0.6) is 0 Å². The minimum Gasteiger partial charge on any atom is -0.382 e. The van der Waals surface area contributed by atoms with Crippen LogP contribution in [0.1, 0.15) is 11.7 Å². The Bertz CT molecular complexity index is 327. The molecule has 92 valence electrons. The van der Waals surface area contributed by atoms with Crippen LogP contribution in [0, 0.1) is 6.92 Å². The highest BCUT2D eigenvalue weighted by Gasteiger charge is 2.37. The lowest BCUT2D eigenvalue weighted by atomic mass is 10.3. The first kappa shape index (κ1) is 12.9. The van der Waals surface area contributed by atoms with E-state index in [0.29, 0.717) is 18.1 Å². The van der Waals surface area contributed by atoms with Crippen molar-refractivity contribution < 1.29 is 22.8 Å². The summed E-state index contributed by atoms with van der Waals surface area (Å²) >= 11 is 0. The van der Waals surface area contributed by atoms with Crippen LogP contribution in [-0.2, 0) is 6.42 Å². The Morgan fingerprint density at radius 3 is 2.69 bits per heavy atom. The minimum atomic E-state index is -4.59. The van der Waals surface area contributed by atoms with Crippen LogP contribution in [0.4, 0.5) is 13.2 Å². The normalized spacial score (nSPS) is 14.1. The van der Waals surface area contributed by atoms with Crippen molar-refractivity contribution in [2.24, 2.45) is 0 Å². The third kappa shape index (κ3) is 4.15. The van der Waals surface area contributed by atoms with E-state index in [0.717, 1.165) is 0 Å². The summed E-state index contributed by atoms with van der Waals surface area (Å²) in [5, 5.41) is 14.7. The number of hydrogen-bond acceptors (Lipinski definition) is 5. The third-order valence-electron chi connectivity index (χ3n) is 1.81. The van der Waals surface area contributed by atoms with Gasteiger partial charge in [0.25, 0.3) is 0 Å². The number of halogens is 3. The fraction of sp³-hybridized carbons (Fsp3) is 0.750. The molecule has 0 saturated heterocycles. The van der Waals surface area contributed by atoms with Gasteiger partial charge in [0.15, 0.2) is 11.9 Å². The number of nitrogens with one attached hydrogen (secondary N) is 1. The second-order valence-electron chi connectivity index (χ2n) is 3.24. The van der Waals surface area contributed by atoms with Crippen molar-refractivity contribution in [2.45, 2.75) is 25.6 Å². The van der Waals surface area contributed by atoms with E-state index in [1.807, 2.05) is 0 Å². The molecule has 1 atom stereocenters. The summed E-state index contributed by atoms with van der Waals surface area (Å²) in [4.78, 5) is 3.87. The van der Waals surface area contributed by atoms with Crippen LogP contribution in [0.15, 0.2) is 4.52 Å². The summed E-state index contributed by atoms with van der Waals surface area (Å²) in [5.41, 5.74) is 0. The SMILES string of the molecule is Cc1nc(CCNCC(O)C(F)(F)F)no1. The number of aromatic nitrogens is 2. The van der Waals surface area contributed by atoms with Crippen molar-refractivity contribution in [1.29, 1.82) is 0 Å². The molecule has 16 heavy (non-hydrogen) atoms. The Hall–Kier alpha value is -1.15. The van der Waals surface area contributed by atoms with Gasteiger partial charge in [-0.2, -0.15) is 18.2 Å². The smallest absolute Gasteiger partial charge is 0.382 e. The first-order chi connectivity index (χ1) is 7.39. The van der Waals surface area contributed by atoms with Crippen LogP contribution < -0.4 is 5.32 Å². The van der Waals surface area contributed by atoms with Gasteiger partial charge in [0, 0.05) is 26.4 Å². The third-order valence-corrected chi connectivity index (χ3v) is 1.81. The molecule has 0 fully saturated rings. The summed E-state index contributed by atoms with van der Waals surface area (Å²) in [5.74, 6) is 0.830. The first-order valence-electron chi connectivity index (χ1n) is 4.64. The molecule has 0 aromatic carbocycles. The highest BCUT2D eigenvalue weighted by atomic mass is 19.4. The van der Waals surface area contributed by atoms with E-state index in [9.17, 15) is 13.2 Å². The molecule has 0 radical (unpaired) electrons. The van der Waals surface area contributed by atoms with Gasteiger partial charge in [0.1, 0.15) is 0 Å². The Morgan fingerprint density at radius 2 is 2.19 bits per heavy atom. The van der Waals surface area contributed by atoms with E-state index in [2.05, 4.69) is 20.0 Å². The Labute approximate surface area is 89.6 Å². The molecule has 2 N–H and O–H groups in total. The average Bonchev–Trinajstić information content (AvgIpc) is 2.57. The molecule has 0 bridgehead atoms. The topological polar surface area (TPSA) is 71.2 Å². The zero-order valence-electron chi connectivity index (χ0n) is 8.58. The fourth-order valence-corrected chi connectivity index (χ4v) is 0.998. The molecule has 1 aromatic heterocycles. The van der Waals surface area contributed by atoms with Gasteiger partial charge < -0.3 is 14.9 Å². The highest BCUT2D eigenvalue weighted by Crippen LogP contribution is 2.18. The zero-order chi connectivity index (χ0) is 12.2. The molecule has 0 aliphatic heterocycles. The Kier molecular flexibility index (Phi) is 4.25. The number of nitrogens with zero attached hydrogens (tertiary/aromatic N) is 2. The lowest BCUT2D eigenvalue weighted by Crippen LogP contribution is -2.39. The van der Waals surface area contributed by atoms with E-state index in [1.165, 1.54) is 0 Å². The van der Waals surface area contributed by atoms with Gasteiger partial charge in [-0.05, 0) is 0 Å². The second-order valence-corrected chi connectivity index (χ2v) is 3.24. The van der Waals surface area contributed by atoms with Gasteiger partial charge in [-0.15, -0.1) is 0 Å². The van der Waals surface area contributed by atoms with Gasteiger partial charge in [0.05, 0.1) is 0 Å². The summed E-state index contributed by atoms with van der Waals surface area (Å²) in [7, 11) is 0. The van der Waals surface area contributed by atoms with Crippen LogP contribution in [0.2, 0.25) is 0 Å². The zero-order valence-corrected chi connectivity index (χ0v) is 8.58. The van der Waals surface area contributed by atoms with Crippen LogP contribution in [0.3, 0.4) is 0 Å². The van der Waals surface area contributed by atoms with Crippen LogP contribution in [0.25, 0.3) is 0 Å². The monoisotopic (exact) mass is 239 g/mol. The lowest BCUT2D eigenvalue weighted by Gasteiger charge is -2.14. The number of hydrogen-bond donors (Lipinski definition) is 2. The first-order valence-corrected chi connectivity index (χ1v) is 4.64. The van der Waals surface area contributed by atoms with E-state index in [-0.39, 0.29) is 6.54 Å². The summed E-state index contributed by atoms with van der Waals surface area (Å²) in [6.07, 6.45) is -6.59. The fourth-order valence-electron chi connectivity index (χ4n) is 0.998. The Morgan fingerprint density at radius 1 is 1.50 bits per heavy atom. The van der Waals surface area contributed by atoms with Gasteiger partial charge in [-0.25, -0.2) is 0 Å². The van der Waals surface area contributed by atoms with E-state index in [1.54, 1.807) is 6.92 Å². The number of aliphatic hydroxyl groups excluding tert-OH is 1. The van der Waals surface area contributed by atoms with E-state index < -0.39 is 18.8 Å². The molecule has 1 unspecified atom stereocenters. The average molecular weight is 239 g/mol. The predicted octanol–water partition coefficient (Wildman–Crippen LogP) is 0.433. The number of aliphatic hydroxyl groups is 1. The quantitative estimate of drug-likeness (QED) is 0.729. The molecule has 0 saturated carbocycles. The van der Waals surface area contributed by atoms with Crippen molar-refractivity contribution in [1.82, 2.24) is 15.5 Å². The summed E-state index contributed by atoms with van der Waals surface area (Å²) < 4.78 is 40.3. The van der Waals surface area contributed by atoms with Crippen molar-refractivity contribution in [3.05, 3.63) is 11.7 Å².